The minimum absolute atomic E-state index is 0.0945. The van der Waals surface area contributed by atoms with Crippen LogP contribution in [0.5, 0.6) is 5.75 Å². The van der Waals surface area contributed by atoms with E-state index < -0.39 is 11.9 Å². The third kappa shape index (κ3) is 2.49. The molecule has 0 radical (unpaired) electrons. The second-order valence-corrected chi connectivity index (χ2v) is 4.47. The Morgan fingerprint density at radius 2 is 1.95 bits per heavy atom. The lowest BCUT2D eigenvalue weighted by Crippen LogP contribution is -2.14. The zero-order valence-electron chi connectivity index (χ0n) is 11.0. The van der Waals surface area contributed by atoms with Gasteiger partial charge in [-0.2, -0.15) is 0 Å². The Bertz CT molecular complexity index is 688. The van der Waals surface area contributed by atoms with Gasteiger partial charge in [-0.3, -0.25) is 4.79 Å². The van der Waals surface area contributed by atoms with E-state index in [2.05, 4.69) is 10.3 Å². The number of benzene rings is 1. The third-order valence-corrected chi connectivity index (χ3v) is 2.90. The molecule has 0 saturated heterocycles. The molecule has 2 aromatic rings. The first kappa shape index (κ1) is 13.7. The number of hydrogen-bond donors (Lipinski definition) is 4. The Morgan fingerprint density at radius 1 is 1.25 bits per heavy atom. The molecule has 0 unspecified atom stereocenters. The van der Waals surface area contributed by atoms with Crippen LogP contribution in [0, 0.1) is 13.8 Å². The number of rotatable bonds is 3. The van der Waals surface area contributed by atoms with Crippen molar-refractivity contribution in [2.45, 2.75) is 13.8 Å². The van der Waals surface area contributed by atoms with Crippen molar-refractivity contribution in [1.29, 1.82) is 0 Å². The fraction of sp³-hybridized carbons (Fsp3) is 0.143. The number of carbonyl (C=O) groups is 2. The van der Waals surface area contributed by atoms with Crippen LogP contribution in [0.25, 0.3) is 0 Å². The quantitative estimate of drug-likeness (QED) is 0.689. The van der Waals surface area contributed by atoms with E-state index in [9.17, 15) is 14.7 Å². The van der Waals surface area contributed by atoms with Gasteiger partial charge in [0.05, 0.1) is 11.3 Å². The Kier molecular flexibility index (Phi) is 3.47. The number of phenols is 1. The molecule has 1 amide bonds. The highest BCUT2D eigenvalue weighted by molar-refractivity contribution is 6.09. The summed E-state index contributed by atoms with van der Waals surface area (Å²) in [7, 11) is 0. The first-order valence-corrected chi connectivity index (χ1v) is 5.93. The summed E-state index contributed by atoms with van der Waals surface area (Å²) in [6, 6.07) is 6.31. The number of H-pyrrole nitrogens is 1. The van der Waals surface area contributed by atoms with E-state index in [0.29, 0.717) is 11.3 Å². The van der Waals surface area contributed by atoms with Gasteiger partial charge in [0, 0.05) is 5.69 Å². The molecule has 104 valence electrons. The van der Waals surface area contributed by atoms with E-state index in [4.69, 9.17) is 5.11 Å². The van der Waals surface area contributed by atoms with Crippen LogP contribution in [0.1, 0.15) is 32.1 Å². The molecule has 6 nitrogen and oxygen atoms in total. The number of carbonyl (C=O) groups excluding carboxylic acids is 1. The summed E-state index contributed by atoms with van der Waals surface area (Å²) < 4.78 is 0. The molecule has 4 N–H and O–H groups in total. The van der Waals surface area contributed by atoms with Crippen LogP contribution in [0.3, 0.4) is 0 Å². The molecule has 0 aliphatic rings. The second-order valence-electron chi connectivity index (χ2n) is 4.47. The number of anilines is 1. The van der Waals surface area contributed by atoms with Crippen molar-refractivity contribution in [3.63, 3.8) is 0 Å². The number of aryl methyl sites for hydroxylation is 2. The highest BCUT2D eigenvalue weighted by atomic mass is 16.4. The number of hydrogen-bond acceptors (Lipinski definition) is 3. The highest BCUT2D eigenvalue weighted by Gasteiger charge is 2.18. The summed E-state index contributed by atoms with van der Waals surface area (Å²) in [5, 5.41) is 21.4. The minimum atomic E-state index is -1.16. The molecule has 20 heavy (non-hydrogen) atoms. The Balaban J connectivity index is 2.33. The first-order valence-electron chi connectivity index (χ1n) is 5.93. The topological polar surface area (TPSA) is 102 Å². The zero-order chi connectivity index (χ0) is 14.9. The van der Waals surface area contributed by atoms with Crippen molar-refractivity contribution in [1.82, 2.24) is 4.98 Å². The van der Waals surface area contributed by atoms with E-state index in [-0.39, 0.29) is 22.7 Å². The van der Waals surface area contributed by atoms with Crippen LogP contribution < -0.4 is 5.32 Å². The Morgan fingerprint density at radius 3 is 2.60 bits per heavy atom. The molecule has 0 aliphatic carbocycles. The van der Waals surface area contributed by atoms with Gasteiger partial charge in [-0.05, 0) is 31.5 Å². The molecule has 0 aliphatic heterocycles. The lowest BCUT2D eigenvalue weighted by Gasteiger charge is -2.07. The van der Waals surface area contributed by atoms with Crippen molar-refractivity contribution in [2.75, 3.05) is 5.32 Å². The number of aromatic amines is 1. The highest BCUT2D eigenvalue weighted by Crippen LogP contribution is 2.24. The number of amides is 1. The fourth-order valence-electron chi connectivity index (χ4n) is 1.89. The lowest BCUT2D eigenvalue weighted by molar-refractivity contribution is 0.0692. The molecule has 0 fully saturated rings. The number of carboxylic acid groups (broad SMARTS) is 1. The Hall–Kier alpha value is -2.76. The molecule has 2 rings (SSSR count). The van der Waals surface area contributed by atoms with Crippen LogP contribution in [-0.2, 0) is 0 Å². The molecule has 0 spiro atoms. The Labute approximate surface area is 115 Å². The van der Waals surface area contributed by atoms with Gasteiger partial charge in [0.2, 0.25) is 0 Å². The number of aromatic hydroxyl groups is 1. The first-order chi connectivity index (χ1) is 9.40. The summed E-state index contributed by atoms with van der Waals surface area (Å²) in [5.41, 5.74) is 1.36. The predicted molar refractivity (Wildman–Crippen MR) is 73.3 cm³/mol. The van der Waals surface area contributed by atoms with Crippen molar-refractivity contribution in [2.24, 2.45) is 0 Å². The van der Waals surface area contributed by atoms with Crippen molar-refractivity contribution < 1.29 is 19.8 Å². The third-order valence-electron chi connectivity index (χ3n) is 2.90. The summed E-state index contributed by atoms with van der Waals surface area (Å²) in [6.45, 7) is 3.36. The number of aromatic nitrogens is 1. The minimum Gasteiger partial charge on any atom is -0.507 e. The van der Waals surface area contributed by atoms with E-state index >= 15 is 0 Å². The monoisotopic (exact) mass is 274 g/mol. The van der Waals surface area contributed by atoms with Gasteiger partial charge >= 0.3 is 5.97 Å². The summed E-state index contributed by atoms with van der Waals surface area (Å²) in [4.78, 5) is 25.8. The largest absolute Gasteiger partial charge is 0.507 e. The van der Waals surface area contributed by atoms with Crippen molar-refractivity contribution >= 4 is 17.6 Å². The molecule has 1 heterocycles. The van der Waals surface area contributed by atoms with E-state index in [1.54, 1.807) is 26.0 Å². The molecule has 1 aromatic carbocycles. The van der Waals surface area contributed by atoms with Gasteiger partial charge in [0.1, 0.15) is 11.4 Å². The standard InChI is InChI=1S/C14H14N2O4/c1-7-4-3-5-9(12(7)17)13(18)16-10-6-8(2)15-11(10)14(19)20/h3-6,15,17H,1-2H3,(H,16,18)(H,19,20). The molecule has 1 aromatic heterocycles. The van der Waals surface area contributed by atoms with E-state index in [1.165, 1.54) is 12.1 Å². The van der Waals surface area contributed by atoms with Crippen LogP contribution >= 0.6 is 0 Å². The second kappa shape index (κ2) is 5.08. The predicted octanol–water partition coefficient (Wildman–Crippen LogP) is 2.29. The van der Waals surface area contributed by atoms with Crippen LogP contribution in [0.15, 0.2) is 24.3 Å². The number of carboxylic acids is 1. The van der Waals surface area contributed by atoms with Crippen LogP contribution in [0.2, 0.25) is 0 Å². The fourth-order valence-corrected chi connectivity index (χ4v) is 1.89. The molecular weight excluding hydrogens is 260 g/mol. The molecule has 0 atom stereocenters. The maximum Gasteiger partial charge on any atom is 0.354 e. The van der Waals surface area contributed by atoms with E-state index in [0.717, 1.165) is 0 Å². The van der Waals surface area contributed by atoms with Gasteiger partial charge in [0.15, 0.2) is 0 Å². The average molecular weight is 274 g/mol. The number of aromatic carboxylic acids is 1. The maximum atomic E-state index is 12.1. The summed E-state index contributed by atoms with van der Waals surface area (Å²) in [5.74, 6) is -1.84. The lowest BCUT2D eigenvalue weighted by atomic mass is 10.1. The molecule has 0 bridgehead atoms. The SMILES string of the molecule is Cc1cc(NC(=O)c2cccc(C)c2O)c(C(=O)O)[nH]1. The van der Waals surface area contributed by atoms with Crippen LogP contribution in [0.4, 0.5) is 5.69 Å². The maximum absolute atomic E-state index is 12.1. The van der Waals surface area contributed by atoms with Gasteiger partial charge < -0.3 is 20.5 Å². The number of nitrogens with one attached hydrogen (secondary N) is 2. The van der Waals surface area contributed by atoms with Crippen molar-refractivity contribution in [3.8, 4) is 5.75 Å². The van der Waals surface area contributed by atoms with Gasteiger partial charge in [-0.25, -0.2) is 4.79 Å². The molecule has 0 saturated carbocycles. The normalized spacial score (nSPS) is 10.3. The zero-order valence-corrected chi connectivity index (χ0v) is 11.0. The molecular formula is C14H14N2O4. The molecule has 6 heteroatoms. The van der Waals surface area contributed by atoms with Crippen molar-refractivity contribution in [3.05, 3.63) is 46.8 Å². The number of para-hydroxylation sites is 1. The number of phenolic OH excluding ortho intramolecular Hbond substituents is 1. The smallest absolute Gasteiger partial charge is 0.354 e. The van der Waals surface area contributed by atoms with Crippen LogP contribution in [-0.4, -0.2) is 27.1 Å². The van der Waals surface area contributed by atoms with Gasteiger partial charge in [0.25, 0.3) is 5.91 Å². The van der Waals surface area contributed by atoms with E-state index in [1.807, 2.05) is 0 Å². The van der Waals surface area contributed by atoms with Gasteiger partial charge in [-0.15, -0.1) is 0 Å². The summed E-state index contributed by atoms with van der Waals surface area (Å²) >= 11 is 0. The van der Waals surface area contributed by atoms with Gasteiger partial charge in [-0.1, -0.05) is 12.1 Å². The average Bonchev–Trinajstić information content (AvgIpc) is 2.73. The summed E-state index contributed by atoms with van der Waals surface area (Å²) in [6.07, 6.45) is 0.